The summed E-state index contributed by atoms with van der Waals surface area (Å²) in [7, 11) is 0. The van der Waals surface area contributed by atoms with Gasteiger partial charge in [-0.05, 0) is 61.4 Å². The standard InChI is InChI=1S/C33H32F6N2O4/c1-20-15-26-30(21(2)40-41(26)28(16-20)44-19-23-24(34)9-10-25(35)31(23)36)27(42)11-12-32(3,13-14-33(37,38)39)17-29(43)45-18-22-7-5-4-6-8-22/h4-10,15-16H,11-14,17-19H2,1-3H3. The topological polar surface area (TPSA) is 69.9 Å². The van der Waals surface area contributed by atoms with Crippen LogP contribution in [0.25, 0.3) is 5.52 Å². The van der Waals surface area contributed by atoms with Crippen molar-refractivity contribution < 1.29 is 45.4 Å². The molecule has 1 unspecified atom stereocenters. The number of hydrogen-bond donors (Lipinski definition) is 0. The van der Waals surface area contributed by atoms with Crippen molar-refractivity contribution in [1.82, 2.24) is 9.61 Å². The number of hydrogen-bond acceptors (Lipinski definition) is 5. The lowest BCUT2D eigenvalue weighted by Gasteiger charge is -2.29. The quantitative estimate of drug-likeness (QED) is 0.0640. The summed E-state index contributed by atoms with van der Waals surface area (Å²) in [5.41, 5.74) is 0.319. The Morgan fingerprint density at radius 3 is 2.27 bits per heavy atom. The molecule has 45 heavy (non-hydrogen) atoms. The molecule has 2 heterocycles. The molecule has 2 aromatic carbocycles. The minimum Gasteiger partial charge on any atom is -0.473 e. The van der Waals surface area contributed by atoms with Crippen LogP contribution in [0.3, 0.4) is 0 Å². The van der Waals surface area contributed by atoms with Gasteiger partial charge in [0.1, 0.15) is 19.0 Å². The van der Waals surface area contributed by atoms with Gasteiger partial charge in [-0.3, -0.25) is 9.59 Å². The highest BCUT2D eigenvalue weighted by molar-refractivity contribution is 6.03. The molecule has 0 N–H and O–H groups in total. The SMILES string of the molecule is Cc1cc(OCc2c(F)ccc(F)c2F)n2nc(C)c(C(=O)CCC(C)(CCC(F)(F)F)CC(=O)OCc3ccccc3)c2c1. The number of fused-ring (bicyclic) bond motifs is 1. The number of alkyl halides is 3. The number of carbonyl (C=O) groups is 2. The number of ketones is 1. The van der Waals surface area contributed by atoms with Crippen LogP contribution in [0.15, 0.2) is 54.6 Å². The van der Waals surface area contributed by atoms with E-state index in [1.54, 1.807) is 50.2 Å². The summed E-state index contributed by atoms with van der Waals surface area (Å²) < 4.78 is 93.8. The second kappa shape index (κ2) is 13.7. The normalized spacial score (nSPS) is 13.1. The Labute approximate surface area is 256 Å². The molecule has 0 saturated carbocycles. The summed E-state index contributed by atoms with van der Waals surface area (Å²) >= 11 is 0. The number of esters is 1. The molecule has 12 heteroatoms. The number of Topliss-reactive ketones (excluding diaryl/α,β-unsaturated/α-hetero) is 1. The highest BCUT2D eigenvalue weighted by atomic mass is 19.4. The lowest BCUT2D eigenvalue weighted by atomic mass is 9.77. The number of ether oxygens (including phenoxy) is 2. The van der Waals surface area contributed by atoms with Gasteiger partial charge in [0.15, 0.2) is 17.4 Å². The van der Waals surface area contributed by atoms with Gasteiger partial charge in [-0.1, -0.05) is 37.3 Å². The third kappa shape index (κ3) is 8.64. The lowest BCUT2D eigenvalue weighted by Crippen LogP contribution is -2.26. The summed E-state index contributed by atoms with van der Waals surface area (Å²) in [6.07, 6.45) is -6.52. The zero-order valence-electron chi connectivity index (χ0n) is 24.9. The van der Waals surface area contributed by atoms with Crippen LogP contribution in [0.5, 0.6) is 5.88 Å². The first kappa shape index (κ1) is 33.5. The second-order valence-corrected chi connectivity index (χ2v) is 11.4. The van der Waals surface area contributed by atoms with E-state index in [9.17, 15) is 35.9 Å². The molecule has 0 saturated heterocycles. The van der Waals surface area contributed by atoms with Gasteiger partial charge in [0.2, 0.25) is 5.88 Å². The van der Waals surface area contributed by atoms with E-state index in [-0.39, 0.29) is 49.4 Å². The molecule has 0 radical (unpaired) electrons. The van der Waals surface area contributed by atoms with Gasteiger partial charge >= 0.3 is 12.1 Å². The minimum atomic E-state index is -4.45. The van der Waals surface area contributed by atoms with Gasteiger partial charge in [0, 0.05) is 18.9 Å². The molecule has 0 spiro atoms. The van der Waals surface area contributed by atoms with Gasteiger partial charge in [-0.25, -0.2) is 17.7 Å². The number of nitrogens with zero attached hydrogens (tertiary/aromatic N) is 2. The van der Waals surface area contributed by atoms with E-state index in [1.165, 1.54) is 17.5 Å². The molecule has 4 aromatic rings. The maximum absolute atomic E-state index is 14.2. The van der Waals surface area contributed by atoms with Crippen LogP contribution in [-0.4, -0.2) is 27.5 Å². The van der Waals surface area contributed by atoms with Gasteiger partial charge in [0.25, 0.3) is 0 Å². The largest absolute Gasteiger partial charge is 0.473 e. The van der Waals surface area contributed by atoms with Gasteiger partial charge in [0.05, 0.1) is 28.8 Å². The fourth-order valence-electron chi connectivity index (χ4n) is 5.08. The number of aromatic nitrogens is 2. The Kier molecular flexibility index (Phi) is 10.2. The summed E-state index contributed by atoms with van der Waals surface area (Å²) in [6, 6.07) is 13.5. The maximum atomic E-state index is 14.2. The molecule has 0 amide bonds. The van der Waals surface area contributed by atoms with Crippen LogP contribution in [-0.2, 0) is 22.7 Å². The number of halogens is 6. The Morgan fingerprint density at radius 2 is 1.58 bits per heavy atom. The highest BCUT2D eigenvalue weighted by Crippen LogP contribution is 2.38. The monoisotopic (exact) mass is 634 g/mol. The summed E-state index contributed by atoms with van der Waals surface area (Å²) in [5, 5.41) is 4.35. The molecule has 0 fully saturated rings. The fourth-order valence-corrected chi connectivity index (χ4v) is 5.08. The molecule has 0 aliphatic rings. The van der Waals surface area contributed by atoms with E-state index in [2.05, 4.69) is 5.10 Å². The smallest absolute Gasteiger partial charge is 0.389 e. The van der Waals surface area contributed by atoms with E-state index < -0.39 is 59.4 Å². The van der Waals surface area contributed by atoms with Crippen molar-refractivity contribution in [2.45, 2.75) is 72.3 Å². The number of rotatable bonds is 13. The van der Waals surface area contributed by atoms with Crippen LogP contribution in [0.4, 0.5) is 26.3 Å². The van der Waals surface area contributed by atoms with Crippen molar-refractivity contribution in [1.29, 1.82) is 0 Å². The molecule has 0 aliphatic carbocycles. The van der Waals surface area contributed by atoms with Crippen molar-refractivity contribution >= 4 is 17.3 Å². The fraction of sp³-hybridized carbons (Fsp3) is 0.364. The van der Waals surface area contributed by atoms with Gasteiger partial charge in [-0.2, -0.15) is 18.3 Å². The first-order chi connectivity index (χ1) is 21.2. The Bertz CT molecular complexity index is 1690. The van der Waals surface area contributed by atoms with E-state index in [4.69, 9.17) is 9.47 Å². The second-order valence-electron chi connectivity index (χ2n) is 11.4. The first-order valence-corrected chi connectivity index (χ1v) is 14.2. The van der Waals surface area contributed by atoms with Crippen molar-refractivity contribution in [3.8, 4) is 5.88 Å². The van der Waals surface area contributed by atoms with Crippen LogP contribution in [0, 0.1) is 36.7 Å². The van der Waals surface area contributed by atoms with Crippen LogP contribution in [0.2, 0.25) is 0 Å². The van der Waals surface area contributed by atoms with Crippen molar-refractivity contribution in [3.05, 3.63) is 100.0 Å². The van der Waals surface area contributed by atoms with Crippen molar-refractivity contribution in [3.63, 3.8) is 0 Å². The molecule has 0 bridgehead atoms. The third-order valence-corrected chi connectivity index (χ3v) is 7.58. The average molecular weight is 635 g/mol. The number of benzene rings is 2. The van der Waals surface area contributed by atoms with Crippen LogP contribution >= 0.6 is 0 Å². The third-order valence-electron chi connectivity index (χ3n) is 7.58. The molecule has 0 aliphatic heterocycles. The van der Waals surface area contributed by atoms with Gasteiger partial charge in [-0.15, -0.1) is 0 Å². The summed E-state index contributed by atoms with van der Waals surface area (Å²) in [6.45, 7) is 4.10. The number of carbonyl (C=O) groups excluding carboxylic acids is 2. The van der Waals surface area contributed by atoms with Crippen molar-refractivity contribution in [2.24, 2.45) is 5.41 Å². The molecular weight excluding hydrogens is 602 g/mol. The zero-order valence-corrected chi connectivity index (χ0v) is 24.9. The molecular formula is C33H32F6N2O4. The molecule has 240 valence electrons. The number of pyridine rings is 1. The summed E-state index contributed by atoms with van der Waals surface area (Å²) in [4.78, 5) is 26.2. The van der Waals surface area contributed by atoms with E-state index in [1.807, 2.05) is 0 Å². The van der Waals surface area contributed by atoms with Gasteiger partial charge < -0.3 is 9.47 Å². The van der Waals surface area contributed by atoms with E-state index >= 15 is 0 Å². The zero-order chi connectivity index (χ0) is 32.9. The predicted molar refractivity (Wildman–Crippen MR) is 153 cm³/mol. The minimum absolute atomic E-state index is 0.0300. The maximum Gasteiger partial charge on any atom is 0.389 e. The van der Waals surface area contributed by atoms with E-state index in [0.717, 1.165) is 11.6 Å². The van der Waals surface area contributed by atoms with Crippen LogP contribution < -0.4 is 4.74 Å². The van der Waals surface area contributed by atoms with Crippen LogP contribution in [0.1, 0.15) is 71.8 Å². The first-order valence-electron chi connectivity index (χ1n) is 14.2. The predicted octanol–water partition coefficient (Wildman–Crippen LogP) is 8.39. The Hall–Kier alpha value is -4.35. The van der Waals surface area contributed by atoms with E-state index in [0.29, 0.717) is 17.1 Å². The average Bonchev–Trinajstić information content (AvgIpc) is 3.31. The van der Waals surface area contributed by atoms with Crippen molar-refractivity contribution in [2.75, 3.05) is 0 Å². The molecule has 6 nitrogen and oxygen atoms in total. The lowest BCUT2D eigenvalue weighted by molar-refractivity contribution is -0.152. The Balaban J connectivity index is 1.52. The number of aryl methyl sites for hydroxylation is 2. The Morgan fingerprint density at radius 1 is 0.889 bits per heavy atom. The molecule has 4 rings (SSSR count). The molecule has 1 atom stereocenters. The molecule has 2 aromatic heterocycles. The summed E-state index contributed by atoms with van der Waals surface area (Å²) in [5.74, 6) is -4.68. The highest BCUT2D eigenvalue weighted by Gasteiger charge is 2.36.